The predicted octanol–water partition coefficient (Wildman–Crippen LogP) is 3.71. The lowest BCUT2D eigenvalue weighted by Crippen LogP contribution is -2.42. The van der Waals surface area contributed by atoms with Gasteiger partial charge in [0.05, 0.1) is 24.7 Å². The number of amides is 1. The summed E-state index contributed by atoms with van der Waals surface area (Å²) in [6.07, 6.45) is 2.14. The number of carboxylic acid groups (broad SMARTS) is 1. The van der Waals surface area contributed by atoms with Crippen molar-refractivity contribution >= 4 is 23.5 Å². The molecular weight excluding hydrogens is 358 g/mol. The van der Waals surface area contributed by atoms with Gasteiger partial charge in [-0.15, -0.1) is 0 Å². The number of hydrogen-bond donors (Lipinski definition) is 1. The highest BCUT2D eigenvalue weighted by Crippen LogP contribution is 2.37. The zero-order valence-corrected chi connectivity index (χ0v) is 16.2. The summed E-state index contributed by atoms with van der Waals surface area (Å²) in [6.45, 7) is 5.46. The Kier molecular flexibility index (Phi) is 7.14. The van der Waals surface area contributed by atoms with Gasteiger partial charge in [0.15, 0.2) is 11.5 Å². The summed E-state index contributed by atoms with van der Waals surface area (Å²) in [6, 6.07) is 3.16. The average Bonchev–Trinajstić information content (AvgIpc) is 2.61. The molecule has 1 aromatic rings. The molecule has 6 nitrogen and oxygen atoms in total. The fraction of sp³-hybridized carbons (Fsp3) is 0.579. The summed E-state index contributed by atoms with van der Waals surface area (Å²) in [4.78, 5) is 25.6. The number of piperidine rings is 1. The van der Waals surface area contributed by atoms with Crippen molar-refractivity contribution in [3.05, 3.63) is 22.7 Å². The van der Waals surface area contributed by atoms with E-state index in [1.54, 1.807) is 17.0 Å². The van der Waals surface area contributed by atoms with Crippen LogP contribution >= 0.6 is 11.6 Å². The maximum atomic E-state index is 12.8. The van der Waals surface area contributed by atoms with Crippen molar-refractivity contribution in [3.63, 3.8) is 0 Å². The molecule has 7 heteroatoms. The third-order valence-corrected chi connectivity index (χ3v) is 4.76. The highest BCUT2D eigenvalue weighted by atomic mass is 35.5. The first kappa shape index (κ1) is 20.4. The first-order chi connectivity index (χ1) is 12.3. The van der Waals surface area contributed by atoms with Crippen LogP contribution in [0.4, 0.5) is 0 Å². The Labute approximate surface area is 159 Å². The highest BCUT2D eigenvalue weighted by molar-refractivity contribution is 6.32. The molecular formula is C19H26ClNO5. The number of likely N-dealkylation sites (tertiary alicyclic amines) is 1. The van der Waals surface area contributed by atoms with Gasteiger partial charge < -0.3 is 19.5 Å². The fourth-order valence-electron chi connectivity index (χ4n) is 2.93. The van der Waals surface area contributed by atoms with Crippen LogP contribution in [0, 0.1) is 11.8 Å². The second-order valence-corrected chi connectivity index (χ2v) is 7.36. The second kappa shape index (κ2) is 9.12. The maximum Gasteiger partial charge on any atom is 0.308 e. The molecule has 0 bridgehead atoms. The van der Waals surface area contributed by atoms with Gasteiger partial charge >= 0.3 is 5.97 Å². The molecule has 1 fully saturated rings. The number of hydrogen-bond acceptors (Lipinski definition) is 4. The standard InChI is InChI=1S/C19H26ClNO5/c1-12(2)6-8-26-17-15(20)9-14(10-16(17)25-3)18(22)21-7-4-5-13(11-21)19(23)24/h9-10,12-13H,4-8,11H2,1-3H3,(H,23,24). The van der Waals surface area contributed by atoms with E-state index >= 15 is 0 Å². The summed E-state index contributed by atoms with van der Waals surface area (Å²) < 4.78 is 11.1. The molecule has 1 amide bonds. The molecule has 0 aliphatic carbocycles. The predicted molar refractivity (Wildman–Crippen MR) is 99.2 cm³/mol. The van der Waals surface area contributed by atoms with Crippen LogP contribution in [0.1, 0.15) is 43.5 Å². The van der Waals surface area contributed by atoms with Gasteiger partial charge in [-0.3, -0.25) is 9.59 Å². The molecule has 0 saturated carbocycles. The van der Waals surface area contributed by atoms with Crippen LogP contribution < -0.4 is 9.47 Å². The van der Waals surface area contributed by atoms with Gasteiger partial charge in [-0.05, 0) is 37.3 Å². The summed E-state index contributed by atoms with van der Waals surface area (Å²) in [5.74, 6) is -0.313. The maximum absolute atomic E-state index is 12.8. The molecule has 2 rings (SSSR count). The Hall–Kier alpha value is -1.95. The minimum atomic E-state index is -0.869. The first-order valence-electron chi connectivity index (χ1n) is 8.85. The van der Waals surface area contributed by atoms with Gasteiger partial charge in [0.1, 0.15) is 0 Å². The zero-order chi connectivity index (χ0) is 19.3. The Bertz CT molecular complexity index is 662. The number of nitrogens with zero attached hydrogens (tertiary/aromatic N) is 1. The van der Waals surface area contributed by atoms with Gasteiger partial charge in [-0.25, -0.2) is 0 Å². The van der Waals surface area contributed by atoms with Gasteiger partial charge in [0.25, 0.3) is 5.91 Å². The van der Waals surface area contributed by atoms with Crippen LogP contribution in [-0.4, -0.2) is 48.7 Å². The lowest BCUT2D eigenvalue weighted by Gasteiger charge is -2.31. The van der Waals surface area contributed by atoms with E-state index in [1.807, 2.05) is 0 Å². The van der Waals surface area contributed by atoms with E-state index in [4.69, 9.17) is 21.1 Å². The highest BCUT2D eigenvalue weighted by Gasteiger charge is 2.29. The molecule has 1 heterocycles. The van der Waals surface area contributed by atoms with Crippen LogP contribution in [0.2, 0.25) is 5.02 Å². The summed E-state index contributed by atoms with van der Waals surface area (Å²) in [5, 5.41) is 9.51. The van der Waals surface area contributed by atoms with Gasteiger partial charge in [0, 0.05) is 18.7 Å². The Morgan fingerprint density at radius 3 is 2.73 bits per heavy atom. The third-order valence-electron chi connectivity index (χ3n) is 4.48. The van der Waals surface area contributed by atoms with Crippen LogP contribution in [0.5, 0.6) is 11.5 Å². The number of ether oxygens (including phenoxy) is 2. The smallest absolute Gasteiger partial charge is 0.308 e. The minimum Gasteiger partial charge on any atom is -0.493 e. The molecule has 1 unspecified atom stereocenters. The van der Waals surface area contributed by atoms with Crippen molar-refractivity contribution < 1.29 is 24.2 Å². The molecule has 144 valence electrons. The molecule has 0 radical (unpaired) electrons. The number of benzene rings is 1. The number of carboxylic acids is 1. The average molecular weight is 384 g/mol. The Morgan fingerprint density at radius 2 is 2.12 bits per heavy atom. The van der Waals surface area contributed by atoms with Gasteiger partial charge in [0.2, 0.25) is 0 Å². The van der Waals surface area contributed by atoms with E-state index in [0.717, 1.165) is 6.42 Å². The van der Waals surface area contributed by atoms with Crippen molar-refractivity contribution in [2.24, 2.45) is 11.8 Å². The zero-order valence-electron chi connectivity index (χ0n) is 15.5. The molecule has 1 saturated heterocycles. The molecule has 1 N–H and O–H groups in total. The molecule has 0 aromatic heterocycles. The summed E-state index contributed by atoms with van der Waals surface area (Å²) in [7, 11) is 1.50. The monoisotopic (exact) mass is 383 g/mol. The largest absolute Gasteiger partial charge is 0.493 e. The van der Waals surface area contributed by atoms with Crippen molar-refractivity contribution in [2.45, 2.75) is 33.1 Å². The van der Waals surface area contributed by atoms with Gasteiger partial charge in [-0.2, -0.15) is 0 Å². The van der Waals surface area contributed by atoms with Gasteiger partial charge in [-0.1, -0.05) is 25.4 Å². The van der Waals surface area contributed by atoms with Crippen LogP contribution in [0.25, 0.3) is 0 Å². The number of carbonyl (C=O) groups excluding carboxylic acids is 1. The molecule has 1 aliphatic heterocycles. The SMILES string of the molecule is COc1cc(C(=O)N2CCCC(C(=O)O)C2)cc(Cl)c1OCCC(C)C. The van der Waals surface area contributed by atoms with E-state index in [2.05, 4.69) is 13.8 Å². The molecule has 1 aromatic carbocycles. The van der Waals surface area contributed by atoms with E-state index in [9.17, 15) is 14.7 Å². The third kappa shape index (κ3) is 5.04. The first-order valence-corrected chi connectivity index (χ1v) is 9.23. The van der Waals surface area contributed by atoms with E-state index in [1.165, 1.54) is 7.11 Å². The number of carbonyl (C=O) groups is 2. The summed E-state index contributed by atoms with van der Waals surface area (Å²) >= 11 is 6.32. The molecule has 26 heavy (non-hydrogen) atoms. The van der Waals surface area contributed by atoms with Crippen molar-refractivity contribution in [2.75, 3.05) is 26.8 Å². The van der Waals surface area contributed by atoms with E-state index in [0.29, 0.717) is 54.0 Å². The van der Waals surface area contributed by atoms with Crippen molar-refractivity contribution in [1.29, 1.82) is 0 Å². The number of rotatable bonds is 7. The van der Waals surface area contributed by atoms with E-state index in [-0.39, 0.29) is 12.5 Å². The minimum absolute atomic E-state index is 0.209. The number of halogens is 1. The molecule has 1 atom stereocenters. The fourth-order valence-corrected chi connectivity index (χ4v) is 3.19. The van der Waals surface area contributed by atoms with Crippen LogP contribution in [-0.2, 0) is 4.79 Å². The van der Waals surface area contributed by atoms with Crippen LogP contribution in [0.3, 0.4) is 0 Å². The number of aliphatic carboxylic acids is 1. The van der Waals surface area contributed by atoms with Crippen LogP contribution in [0.15, 0.2) is 12.1 Å². The normalized spacial score (nSPS) is 17.3. The topological polar surface area (TPSA) is 76.1 Å². The van der Waals surface area contributed by atoms with Crippen molar-refractivity contribution in [3.8, 4) is 11.5 Å². The molecule has 1 aliphatic rings. The Balaban J connectivity index is 2.17. The number of methoxy groups -OCH3 is 1. The van der Waals surface area contributed by atoms with E-state index < -0.39 is 11.9 Å². The Morgan fingerprint density at radius 1 is 1.38 bits per heavy atom. The lowest BCUT2D eigenvalue weighted by atomic mass is 9.97. The lowest BCUT2D eigenvalue weighted by molar-refractivity contribution is -0.143. The summed E-state index contributed by atoms with van der Waals surface area (Å²) in [5.41, 5.74) is 0.370. The second-order valence-electron chi connectivity index (χ2n) is 6.95. The van der Waals surface area contributed by atoms with Crippen molar-refractivity contribution in [1.82, 2.24) is 4.90 Å². The quantitative estimate of drug-likeness (QED) is 0.776. The molecule has 0 spiro atoms.